The second kappa shape index (κ2) is 12.5. The zero-order chi connectivity index (χ0) is 27.9. The number of nitrogens with one attached hydrogen (secondary N) is 1. The van der Waals surface area contributed by atoms with Gasteiger partial charge in [0.05, 0.1) is 24.3 Å². The maximum atomic E-state index is 12.5. The van der Waals surface area contributed by atoms with Crippen LogP contribution in [-0.2, 0) is 22.5 Å². The standard InChI is InChI=1S/C19H16ClN3O6.C7H11NO2/c1-28-15-7-12(18-22-16(29-23-18)8-17(25)26)14(24)6-13(15)19(27)21-9-10-2-4-11(20)5-3-10;9-7-8-4-2-1-3-6(8)5-10-7/h2-7,24H,8-9H2,1H3,(H,21,27)(H,25,26);6H,1-5H2. The average Bonchev–Trinajstić information content (AvgIpc) is 3.54. The van der Waals surface area contributed by atoms with Gasteiger partial charge >= 0.3 is 12.1 Å². The average molecular weight is 559 g/mol. The number of carboxylic acid groups (broad SMARTS) is 1. The maximum Gasteiger partial charge on any atom is 0.410 e. The molecule has 0 bridgehead atoms. The number of piperidine rings is 1. The number of hydrogen-bond acceptors (Lipinski definition) is 9. The summed E-state index contributed by atoms with van der Waals surface area (Å²) in [5.74, 6) is -1.84. The molecule has 13 heteroatoms. The zero-order valence-corrected chi connectivity index (χ0v) is 21.8. The first-order chi connectivity index (χ1) is 18.7. The van der Waals surface area contributed by atoms with Crippen molar-refractivity contribution < 1.29 is 38.6 Å². The lowest BCUT2D eigenvalue weighted by atomic mass is 10.0. The highest BCUT2D eigenvalue weighted by atomic mass is 35.5. The van der Waals surface area contributed by atoms with Crippen LogP contribution in [0.3, 0.4) is 0 Å². The Morgan fingerprint density at radius 3 is 2.69 bits per heavy atom. The topological polar surface area (TPSA) is 164 Å². The molecule has 1 unspecified atom stereocenters. The number of cyclic esters (lactones) is 1. The summed E-state index contributed by atoms with van der Waals surface area (Å²) >= 11 is 5.84. The molecule has 2 aliphatic rings. The number of nitrogens with zero attached hydrogens (tertiary/aromatic N) is 3. The van der Waals surface area contributed by atoms with Crippen LogP contribution < -0.4 is 10.1 Å². The van der Waals surface area contributed by atoms with Crippen LogP contribution in [0.2, 0.25) is 5.02 Å². The Kier molecular flexibility index (Phi) is 8.87. The van der Waals surface area contributed by atoms with E-state index in [1.54, 1.807) is 24.3 Å². The quantitative estimate of drug-likeness (QED) is 0.389. The minimum atomic E-state index is -1.13. The number of aliphatic carboxylic acids is 1. The van der Waals surface area contributed by atoms with Crippen LogP contribution in [0.15, 0.2) is 40.9 Å². The van der Waals surface area contributed by atoms with Crippen molar-refractivity contribution in [3.8, 4) is 22.9 Å². The van der Waals surface area contributed by atoms with E-state index in [-0.39, 0.29) is 47.0 Å². The van der Waals surface area contributed by atoms with Crippen molar-refractivity contribution in [3.63, 3.8) is 0 Å². The van der Waals surface area contributed by atoms with Crippen molar-refractivity contribution >= 4 is 29.6 Å². The number of rotatable bonds is 7. The highest BCUT2D eigenvalue weighted by Crippen LogP contribution is 2.34. The van der Waals surface area contributed by atoms with Crippen molar-refractivity contribution in [3.05, 3.63) is 58.4 Å². The van der Waals surface area contributed by atoms with E-state index in [1.807, 2.05) is 4.90 Å². The van der Waals surface area contributed by atoms with Gasteiger partial charge < -0.3 is 34.4 Å². The predicted octanol–water partition coefficient (Wildman–Crippen LogP) is 3.65. The monoisotopic (exact) mass is 558 g/mol. The first-order valence-corrected chi connectivity index (χ1v) is 12.5. The summed E-state index contributed by atoms with van der Waals surface area (Å²) in [6, 6.07) is 10.00. The van der Waals surface area contributed by atoms with Gasteiger partial charge in [-0.05, 0) is 49.1 Å². The summed E-state index contributed by atoms with van der Waals surface area (Å²) in [5.41, 5.74) is 1.09. The summed E-state index contributed by atoms with van der Waals surface area (Å²) < 4.78 is 15.0. The highest BCUT2D eigenvalue weighted by molar-refractivity contribution is 6.30. The molecule has 1 aromatic heterocycles. The van der Waals surface area contributed by atoms with Crippen LogP contribution in [0.1, 0.15) is 41.1 Å². The third kappa shape index (κ3) is 6.96. The second-order valence-electron chi connectivity index (χ2n) is 8.88. The lowest BCUT2D eigenvalue weighted by Crippen LogP contribution is -2.37. The van der Waals surface area contributed by atoms with E-state index < -0.39 is 18.3 Å². The molecule has 39 heavy (non-hydrogen) atoms. The molecule has 0 aliphatic carbocycles. The first-order valence-electron chi connectivity index (χ1n) is 12.2. The molecule has 2 aromatic carbocycles. The van der Waals surface area contributed by atoms with Crippen LogP contribution in [0.5, 0.6) is 11.5 Å². The van der Waals surface area contributed by atoms with Gasteiger partial charge in [0.2, 0.25) is 11.7 Å². The number of carboxylic acids is 1. The molecule has 1 atom stereocenters. The molecule has 0 spiro atoms. The molecule has 2 saturated heterocycles. The van der Waals surface area contributed by atoms with E-state index in [0.717, 1.165) is 24.9 Å². The van der Waals surface area contributed by atoms with Gasteiger partial charge in [0, 0.05) is 18.1 Å². The molecular formula is C26H27ClN4O8. The van der Waals surface area contributed by atoms with Gasteiger partial charge in [-0.3, -0.25) is 9.59 Å². The van der Waals surface area contributed by atoms with Gasteiger partial charge in [0.15, 0.2) is 0 Å². The highest BCUT2D eigenvalue weighted by Gasteiger charge is 2.34. The Morgan fingerprint density at radius 1 is 1.23 bits per heavy atom. The second-order valence-corrected chi connectivity index (χ2v) is 9.32. The number of methoxy groups -OCH3 is 1. The third-order valence-corrected chi connectivity index (χ3v) is 6.45. The van der Waals surface area contributed by atoms with Gasteiger partial charge in [-0.1, -0.05) is 28.9 Å². The summed E-state index contributed by atoms with van der Waals surface area (Å²) in [5, 5.41) is 26.1. The SMILES string of the molecule is COc1cc(-c2noc(CC(=O)O)n2)c(O)cc1C(=O)NCc1ccc(Cl)cc1.O=C1OCC2CCCCN12. The number of aromatic nitrogens is 2. The number of fused-ring (bicyclic) bond motifs is 1. The largest absolute Gasteiger partial charge is 0.507 e. The first kappa shape index (κ1) is 27.7. The lowest BCUT2D eigenvalue weighted by molar-refractivity contribution is -0.136. The van der Waals surface area contributed by atoms with Crippen molar-refractivity contribution in [1.82, 2.24) is 20.4 Å². The van der Waals surface area contributed by atoms with Gasteiger partial charge in [-0.15, -0.1) is 0 Å². The Bertz CT molecular complexity index is 1340. The Labute approximate surface area is 228 Å². The van der Waals surface area contributed by atoms with Crippen molar-refractivity contribution in [2.24, 2.45) is 0 Å². The summed E-state index contributed by atoms with van der Waals surface area (Å²) in [6.07, 6.45) is 2.97. The Hall–Kier alpha value is -4.32. The number of ether oxygens (including phenoxy) is 2. The number of phenolic OH excluding ortho intramolecular Hbond substituents is 1. The van der Waals surface area contributed by atoms with Gasteiger partial charge in [-0.2, -0.15) is 4.98 Å². The molecule has 2 aliphatic heterocycles. The van der Waals surface area contributed by atoms with Gasteiger partial charge in [-0.25, -0.2) is 4.79 Å². The fraction of sp³-hybridized carbons (Fsp3) is 0.346. The smallest absolute Gasteiger partial charge is 0.410 e. The molecule has 3 aromatic rings. The van der Waals surface area contributed by atoms with Crippen molar-refractivity contribution in [1.29, 1.82) is 0 Å². The molecule has 206 valence electrons. The number of hydrogen-bond donors (Lipinski definition) is 3. The lowest BCUT2D eigenvalue weighted by Gasteiger charge is -2.25. The molecular weight excluding hydrogens is 532 g/mol. The van der Waals surface area contributed by atoms with Gasteiger partial charge in [0.1, 0.15) is 24.5 Å². The summed E-state index contributed by atoms with van der Waals surface area (Å²) in [4.78, 5) is 40.0. The predicted molar refractivity (Wildman–Crippen MR) is 138 cm³/mol. The molecule has 2 amide bonds. The fourth-order valence-electron chi connectivity index (χ4n) is 4.20. The van der Waals surface area contributed by atoms with E-state index >= 15 is 0 Å². The molecule has 2 fully saturated rings. The van der Waals surface area contributed by atoms with E-state index in [4.69, 9.17) is 30.7 Å². The number of amides is 2. The van der Waals surface area contributed by atoms with E-state index in [0.29, 0.717) is 17.7 Å². The number of carbonyl (C=O) groups excluding carboxylic acids is 2. The Balaban J connectivity index is 0.000000292. The van der Waals surface area contributed by atoms with Crippen LogP contribution in [0.25, 0.3) is 11.4 Å². The summed E-state index contributed by atoms with van der Waals surface area (Å²) in [7, 11) is 1.37. The fourth-order valence-corrected chi connectivity index (χ4v) is 4.33. The number of halogens is 1. The van der Waals surface area contributed by atoms with E-state index in [2.05, 4.69) is 15.5 Å². The molecule has 0 radical (unpaired) electrons. The molecule has 3 N–H and O–H groups in total. The maximum absolute atomic E-state index is 12.5. The van der Waals surface area contributed by atoms with Gasteiger partial charge in [0.25, 0.3) is 5.91 Å². The molecule has 5 rings (SSSR count). The minimum absolute atomic E-state index is 0.0230. The van der Waals surface area contributed by atoms with Crippen LogP contribution in [0.4, 0.5) is 4.79 Å². The van der Waals surface area contributed by atoms with Crippen molar-refractivity contribution in [2.45, 2.75) is 38.3 Å². The number of phenols is 1. The van der Waals surface area contributed by atoms with E-state index in [1.165, 1.54) is 25.7 Å². The molecule has 12 nitrogen and oxygen atoms in total. The van der Waals surface area contributed by atoms with Crippen molar-refractivity contribution in [2.75, 3.05) is 20.3 Å². The third-order valence-electron chi connectivity index (χ3n) is 6.20. The number of aromatic hydroxyl groups is 1. The zero-order valence-electron chi connectivity index (χ0n) is 21.1. The summed E-state index contributed by atoms with van der Waals surface area (Å²) in [6.45, 7) is 1.79. The number of benzene rings is 2. The number of carbonyl (C=O) groups is 3. The molecule has 3 heterocycles. The minimum Gasteiger partial charge on any atom is -0.507 e. The van der Waals surface area contributed by atoms with Crippen LogP contribution >= 0.6 is 11.6 Å². The normalized spacial score (nSPS) is 16.0. The van der Waals surface area contributed by atoms with Crippen LogP contribution in [-0.4, -0.2) is 69.5 Å². The Morgan fingerprint density at radius 2 is 2.00 bits per heavy atom. The van der Waals surface area contributed by atoms with E-state index in [9.17, 15) is 19.5 Å². The van der Waals surface area contributed by atoms with Crippen LogP contribution in [0, 0.1) is 0 Å². The molecule has 0 saturated carbocycles.